The average molecular weight is 335 g/mol. The van der Waals surface area contributed by atoms with Crippen molar-refractivity contribution in [3.05, 3.63) is 21.2 Å². The summed E-state index contributed by atoms with van der Waals surface area (Å²) in [6, 6.07) is 1.96. The van der Waals surface area contributed by atoms with E-state index in [1.165, 1.54) is 25.7 Å². The van der Waals surface area contributed by atoms with Crippen LogP contribution >= 0.6 is 31.9 Å². The Morgan fingerprint density at radius 3 is 2.73 bits per heavy atom. The number of nitrogens with zero attached hydrogens (tertiary/aromatic N) is 1. The standard InChI is InChI=1S/C11H13Br2NO/c12-9-5-10(13)11(14-6-9)15-7-8-3-1-2-4-8/h5-6,8H,1-4,7H2. The Hall–Kier alpha value is -0.0900. The van der Waals surface area contributed by atoms with Gasteiger partial charge in [0.25, 0.3) is 0 Å². The zero-order valence-corrected chi connectivity index (χ0v) is 11.6. The van der Waals surface area contributed by atoms with E-state index in [2.05, 4.69) is 36.8 Å². The topological polar surface area (TPSA) is 22.1 Å². The van der Waals surface area contributed by atoms with E-state index in [0.717, 1.165) is 21.5 Å². The van der Waals surface area contributed by atoms with Crippen molar-refractivity contribution in [1.29, 1.82) is 0 Å². The summed E-state index contributed by atoms with van der Waals surface area (Å²) >= 11 is 6.80. The Balaban J connectivity index is 1.92. The van der Waals surface area contributed by atoms with Crippen LogP contribution in [0, 0.1) is 5.92 Å². The number of halogens is 2. The lowest BCUT2D eigenvalue weighted by Crippen LogP contribution is -2.09. The Morgan fingerprint density at radius 2 is 2.07 bits per heavy atom. The summed E-state index contributed by atoms with van der Waals surface area (Å²) in [4.78, 5) is 4.22. The minimum atomic E-state index is 0.699. The third-order valence-electron chi connectivity index (χ3n) is 2.70. The Bertz CT molecular complexity index is 337. The molecule has 0 unspecified atom stereocenters. The van der Waals surface area contributed by atoms with Gasteiger partial charge in [-0.1, -0.05) is 12.8 Å². The highest BCUT2D eigenvalue weighted by atomic mass is 79.9. The van der Waals surface area contributed by atoms with Crippen LogP contribution in [0.1, 0.15) is 25.7 Å². The molecular formula is C11H13Br2NO. The normalized spacial score (nSPS) is 16.9. The minimum Gasteiger partial charge on any atom is -0.477 e. The lowest BCUT2D eigenvalue weighted by molar-refractivity contribution is 0.242. The van der Waals surface area contributed by atoms with Crippen LogP contribution in [0.2, 0.25) is 0 Å². The molecule has 0 radical (unpaired) electrons. The van der Waals surface area contributed by atoms with E-state index in [0.29, 0.717) is 5.88 Å². The SMILES string of the molecule is Brc1cnc(OCC2CCCC2)c(Br)c1. The van der Waals surface area contributed by atoms with Crippen molar-refractivity contribution in [1.82, 2.24) is 4.98 Å². The van der Waals surface area contributed by atoms with E-state index in [4.69, 9.17) is 4.74 Å². The van der Waals surface area contributed by atoms with Crippen molar-refractivity contribution in [2.45, 2.75) is 25.7 Å². The van der Waals surface area contributed by atoms with E-state index < -0.39 is 0 Å². The molecule has 1 saturated carbocycles. The molecule has 1 fully saturated rings. The summed E-state index contributed by atoms with van der Waals surface area (Å²) in [7, 11) is 0. The molecule has 0 atom stereocenters. The molecule has 0 aromatic carbocycles. The molecule has 4 heteroatoms. The van der Waals surface area contributed by atoms with Crippen molar-refractivity contribution >= 4 is 31.9 Å². The molecule has 1 aromatic heterocycles. The Labute approximate surface area is 107 Å². The molecular weight excluding hydrogens is 322 g/mol. The van der Waals surface area contributed by atoms with Crippen LogP contribution in [0.15, 0.2) is 21.2 Å². The van der Waals surface area contributed by atoms with Gasteiger partial charge in [-0.05, 0) is 56.7 Å². The second kappa shape index (κ2) is 5.30. The predicted molar refractivity (Wildman–Crippen MR) is 67.1 cm³/mol. The first kappa shape index (κ1) is 11.4. The summed E-state index contributed by atoms with van der Waals surface area (Å²) in [5.41, 5.74) is 0. The van der Waals surface area contributed by atoms with Crippen molar-refractivity contribution in [3.8, 4) is 5.88 Å². The fourth-order valence-electron chi connectivity index (χ4n) is 1.88. The van der Waals surface area contributed by atoms with Crippen LogP contribution in [0.5, 0.6) is 5.88 Å². The van der Waals surface area contributed by atoms with Gasteiger partial charge in [0.05, 0.1) is 11.1 Å². The first-order valence-corrected chi connectivity index (χ1v) is 6.78. The lowest BCUT2D eigenvalue weighted by Gasteiger charge is -2.11. The maximum atomic E-state index is 5.70. The first-order valence-electron chi connectivity index (χ1n) is 5.19. The predicted octanol–water partition coefficient (Wildman–Crippen LogP) is 4.18. The molecule has 0 amide bonds. The summed E-state index contributed by atoms with van der Waals surface area (Å²) < 4.78 is 7.57. The van der Waals surface area contributed by atoms with Crippen LogP contribution in [0.25, 0.3) is 0 Å². The number of hydrogen-bond acceptors (Lipinski definition) is 2. The molecule has 1 heterocycles. The van der Waals surface area contributed by atoms with E-state index in [1.807, 2.05) is 6.07 Å². The van der Waals surface area contributed by atoms with Gasteiger partial charge in [0, 0.05) is 10.7 Å². The smallest absolute Gasteiger partial charge is 0.228 e. The van der Waals surface area contributed by atoms with Gasteiger partial charge in [-0.25, -0.2) is 4.98 Å². The number of aromatic nitrogens is 1. The zero-order chi connectivity index (χ0) is 10.7. The monoisotopic (exact) mass is 333 g/mol. The molecule has 2 nitrogen and oxygen atoms in total. The highest BCUT2D eigenvalue weighted by Crippen LogP contribution is 2.28. The van der Waals surface area contributed by atoms with Crippen LogP contribution in [-0.4, -0.2) is 11.6 Å². The third kappa shape index (κ3) is 3.18. The van der Waals surface area contributed by atoms with Crippen LogP contribution < -0.4 is 4.74 Å². The van der Waals surface area contributed by atoms with Gasteiger partial charge >= 0.3 is 0 Å². The second-order valence-electron chi connectivity index (χ2n) is 3.90. The largest absolute Gasteiger partial charge is 0.477 e. The second-order valence-corrected chi connectivity index (χ2v) is 5.67. The molecule has 0 aliphatic heterocycles. The third-order valence-corrected chi connectivity index (χ3v) is 3.71. The van der Waals surface area contributed by atoms with E-state index in [-0.39, 0.29) is 0 Å². The van der Waals surface area contributed by atoms with Crippen molar-refractivity contribution in [2.24, 2.45) is 5.92 Å². The van der Waals surface area contributed by atoms with Gasteiger partial charge in [0.1, 0.15) is 0 Å². The molecule has 0 spiro atoms. The van der Waals surface area contributed by atoms with Crippen LogP contribution in [-0.2, 0) is 0 Å². The van der Waals surface area contributed by atoms with Crippen molar-refractivity contribution < 1.29 is 4.74 Å². The van der Waals surface area contributed by atoms with E-state index in [9.17, 15) is 0 Å². The van der Waals surface area contributed by atoms with E-state index in [1.54, 1.807) is 6.20 Å². The molecule has 0 bridgehead atoms. The summed E-state index contributed by atoms with van der Waals surface area (Å²) in [6.07, 6.45) is 7.06. The van der Waals surface area contributed by atoms with Gasteiger partial charge in [-0.15, -0.1) is 0 Å². The average Bonchev–Trinajstić information content (AvgIpc) is 2.69. The maximum absolute atomic E-state index is 5.70. The fraction of sp³-hybridized carbons (Fsp3) is 0.545. The Morgan fingerprint density at radius 1 is 1.33 bits per heavy atom. The molecule has 1 aliphatic carbocycles. The summed E-state index contributed by atoms with van der Waals surface area (Å²) in [5.74, 6) is 1.42. The summed E-state index contributed by atoms with van der Waals surface area (Å²) in [6.45, 7) is 0.799. The van der Waals surface area contributed by atoms with E-state index >= 15 is 0 Å². The van der Waals surface area contributed by atoms with Gasteiger partial charge in [-0.2, -0.15) is 0 Å². The van der Waals surface area contributed by atoms with Crippen LogP contribution in [0.3, 0.4) is 0 Å². The van der Waals surface area contributed by atoms with Gasteiger partial charge in [-0.3, -0.25) is 0 Å². The lowest BCUT2D eigenvalue weighted by atomic mass is 10.1. The molecule has 2 rings (SSSR count). The highest BCUT2D eigenvalue weighted by Gasteiger charge is 2.16. The minimum absolute atomic E-state index is 0.699. The molecule has 1 aliphatic rings. The fourth-order valence-corrected chi connectivity index (χ4v) is 2.98. The quantitative estimate of drug-likeness (QED) is 0.827. The number of pyridine rings is 1. The highest BCUT2D eigenvalue weighted by molar-refractivity contribution is 9.11. The van der Waals surface area contributed by atoms with Gasteiger partial charge in [0.2, 0.25) is 5.88 Å². The molecule has 15 heavy (non-hydrogen) atoms. The molecule has 1 aromatic rings. The Kier molecular flexibility index (Phi) is 4.03. The molecule has 82 valence electrons. The maximum Gasteiger partial charge on any atom is 0.228 e. The first-order chi connectivity index (χ1) is 7.25. The molecule has 0 N–H and O–H groups in total. The zero-order valence-electron chi connectivity index (χ0n) is 8.38. The number of hydrogen-bond donors (Lipinski definition) is 0. The van der Waals surface area contributed by atoms with Crippen molar-refractivity contribution in [3.63, 3.8) is 0 Å². The van der Waals surface area contributed by atoms with Gasteiger partial charge in [0.15, 0.2) is 0 Å². The van der Waals surface area contributed by atoms with Crippen molar-refractivity contribution in [2.75, 3.05) is 6.61 Å². The van der Waals surface area contributed by atoms with Crippen LogP contribution in [0.4, 0.5) is 0 Å². The number of ether oxygens (including phenoxy) is 1. The summed E-state index contributed by atoms with van der Waals surface area (Å²) in [5, 5.41) is 0. The molecule has 0 saturated heterocycles. The van der Waals surface area contributed by atoms with Gasteiger partial charge < -0.3 is 4.74 Å². The number of rotatable bonds is 3.